The number of amides is 1. The zero-order valence-electron chi connectivity index (χ0n) is 11.5. The SMILES string of the molecule is COCCCNC(=O)c1c(-c2ccncc2)noc1C. The Morgan fingerprint density at radius 3 is 2.85 bits per heavy atom. The number of aromatic nitrogens is 2. The normalized spacial score (nSPS) is 10.5. The molecule has 2 rings (SSSR count). The second-order valence-electron chi connectivity index (χ2n) is 4.30. The highest BCUT2D eigenvalue weighted by Crippen LogP contribution is 2.24. The third-order valence-electron chi connectivity index (χ3n) is 2.85. The minimum absolute atomic E-state index is 0.188. The lowest BCUT2D eigenvalue weighted by Crippen LogP contribution is -2.26. The lowest BCUT2D eigenvalue weighted by Gasteiger charge is -2.05. The molecular weight excluding hydrogens is 258 g/mol. The molecule has 0 aliphatic heterocycles. The zero-order valence-corrected chi connectivity index (χ0v) is 11.5. The Labute approximate surface area is 117 Å². The van der Waals surface area contributed by atoms with Gasteiger partial charge in [0.15, 0.2) is 0 Å². The molecule has 2 heterocycles. The molecule has 1 N–H and O–H groups in total. The summed E-state index contributed by atoms with van der Waals surface area (Å²) in [5.74, 6) is 0.313. The summed E-state index contributed by atoms with van der Waals surface area (Å²) in [4.78, 5) is 16.2. The van der Waals surface area contributed by atoms with Crippen LogP contribution >= 0.6 is 0 Å². The number of hydrogen-bond acceptors (Lipinski definition) is 5. The summed E-state index contributed by atoms with van der Waals surface area (Å²) in [6, 6.07) is 3.58. The molecule has 0 aliphatic rings. The van der Waals surface area contributed by atoms with Gasteiger partial charge < -0.3 is 14.6 Å². The molecule has 6 nitrogen and oxygen atoms in total. The quantitative estimate of drug-likeness (QED) is 0.813. The van der Waals surface area contributed by atoms with Crippen molar-refractivity contribution in [1.82, 2.24) is 15.5 Å². The summed E-state index contributed by atoms with van der Waals surface area (Å²) in [5.41, 5.74) is 1.81. The second kappa shape index (κ2) is 6.81. The van der Waals surface area contributed by atoms with Gasteiger partial charge in [0, 0.05) is 38.2 Å². The van der Waals surface area contributed by atoms with E-state index in [0.717, 1.165) is 12.0 Å². The molecule has 1 amide bonds. The van der Waals surface area contributed by atoms with Crippen LogP contribution in [0.1, 0.15) is 22.5 Å². The number of hydrogen-bond donors (Lipinski definition) is 1. The van der Waals surface area contributed by atoms with Crippen LogP contribution in [0.15, 0.2) is 29.0 Å². The summed E-state index contributed by atoms with van der Waals surface area (Å²) in [6.45, 7) is 2.88. The first kappa shape index (κ1) is 14.2. The van der Waals surface area contributed by atoms with E-state index >= 15 is 0 Å². The van der Waals surface area contributed by atoms with E-state index in [4.69, 9.17) is 9.26 Å². The number of ether oxygens (including phenoxy) is 1. The standard InChI is InChI=1S/C14H17N3O3/c1-10-12(14(18)16-6-3-9-19-2)13(17-20-10)11-4-7-15-8-5-11/h4-5,7-8H,3,6,9H2,1-2H3,(H,16,18). The molecule has 0 atom stereocenters. The molecule has 2 aromatic heterocycles. The number of nitrogens with zero attached hydrogens (tertiary/aromatic N) is 2. The molecule has 106 valence electrons. The van der Waals surface area contributed by atoms with Crippen molar-refractivity contribution in [2.45, 2.75) is 13.3 Å². The molecule has 0 spiro atoms. The number of methoxy groups -OCH3 is 1. The third kappa shape index (κ3) is 3.21. The summed E-state index contributed by atoms with van der Waals surface area (Å²) in [6.07, 6.45) is 4.07. The van der Waals surface area contributed by atoms with Gasteiger partial charge in [-0.3, -0.25) is 9.78 Å². The minimum atomic E-state index is -0.188. The maximum atomic E-state index is 12.2. The first-order chi connectivity index (χ1) is 9.74. The highest BCUT2D eigenvalue weighted by molar-refractivity contribution is 6.00. The van der Waals surface area contributed by atoms with Crippen molar-refractivity contribution in [3.05, 3.63) is 35.9 Å². The number of nitrogens with one attached hydrogen (secondary N) is 1. The van der Waals surface area contributed by atoms with Gasteiger partial charge in [-0.1, -0.05) is 5.16 Å². The number of carbonyl (C=O) groups excluding carboxylic acids is 1. The van der Waals surface area contributed by atoms with Crippen LogP contribution in [-0.2, 0) is 4.74 Å². The second-order valence-corrected chi connectivity index (χ2v) is 4.30. The predicted octanol–water partition coefficient (Wildman–Crippen LogP) is 1.81. The van der Waals surface area contributed by atoms with Gasteiger partial charge in [0.1, 0.15) is 17.0 Å². The molecular formula is C14H17N3O3. The Kier molecular flexibility index (Phi) is 4.84. The molecule has 0 saturated heterocycles. The summed E-state index contributed by atoms with van der Waals surface area (Å²) in [5, 5.41) is 6.80. The van der Waals surface area contributed by atoms with E-state index in [1.807, 2.05) is 0 Å². The van der Waals surface area contributed by atoms with Gasteiger partial charge in [-0.15, -0.1) is 0 Å². The highest BCUT2D eigenvalue weighted by atomic mass is 16.5. The van der Waals surface area contributed by atoms with Gasteiger partial charge in [-0.25, -0.2) is 0 Å². The van der Waals surface area contributed by atoms with Crippen LogP contribution in [0.4, 0.5) is 0 Å². The fourth-order valence-electron chi connectivity index (χ4n) is 1.85. The Bertz CT molecular complexity index is 566. The smallest absolute Gasteiger partial charge is 0.257 e. The van der Waals surface area contributed by atoms with E-state index in [1.165, 1.54) is 0 Å². The number of rotatable bonds is 6. The Morgan fingerprint density at radius 2 is 2.15 bits per heavy atom. The number of carbonyl (C=O) groups is 1. The fourth-order valence-corrected chi connectivity index (χ4v) is 1.85. The van der Waals surface area contributed by atoms with Gasteiger partial charge in [0.25, 0.3) is 5.91 Å². The first-order valence-corrected chi connectivity index (χ1v) is 6.38. The van der Waals surface area contributed by atoms with Gasteiger partial charge >= 0.3 is 0 Å². The molecule has 0 radical (unpaired) electrons. The maximum Gasteiger partial charge on any atom is 0.257 e. The van der Waals surface area contributed by atoms with E-state index < -0.39 is 0 Å². The Balaban J connectivity index is 2.15. The van der Waals surface area contributed by atoms with E-state index in [1.54, 1.807) is 38.6 Å². The van der Waals surface area contributed by atoms with Crippen molar-refractivity contribution in [2.24, 2.45) is 0 Å². The van der Waals surface area contributed by atoms with Gasteiger partial charge in [0.2, 0.25) is 0 Å². The van der Waals surface area contributed by atoms with Crippen LogP contribution in [0.25, 0.3) is 11.3 Å². The van der Waals surface area contributed by atoms with E-state index in [0.29, 0.717) is 30.2 Å². The topological polar surface area (TPSA) is 77.2 Å². The number of pyridine rings is 1. The van der Waals surface area contributed by atoms with Crippen molar-refractivity contribution in [1.29, 1.82) is 0 Å². The van der Waals surface area contributed by atoms with Crippen LogP contribution in [0.3, 0.4) is 0 Å². The Hall–Kier alpha value is -2.21. The van der Waals surface area contributed by atoms with Crippen LogP contribution < -0.4 is 5.32 Å². The van der Waals surface area contributed by atoms with Crippen LogP contribution in [0, 0.1) is 6.92 Å². The average molecular weight is 275 g/mol. The molecule has 0 aliphatic carbocycles. The van der Waals surface area contributed by atoms with Crippen molar-refractivity contribution >= 4 is 5.91 Å². The minimum Gasteiger partial charge on any atom is -0.385 e. The maximum absolute atomic E-state index is 12.2. The van der Waals surface area contributed by atoms with Gasteiger partial charge in [-0.05, 0) is 25.5 Å². The summed E-state index contributed by atoms with van der Waals surface area (Å²) < 4.78 is 10.1. The molecule has 6 heteroatoms. The van der Waals surface area contributed by atoms with Crippen molar-refractivity contribution in [3.8, 4) is 11.3 Å². The molecule has 20 heavy (non-hydrogen) atoms. The first-order valence-electron chi connectivity index (χ1n) is 6.38. The van der Waals surface area contributed by atoms with E-state index in [2.05, 4.69) is 15.5 Å². The predicted molar refractivity (Wildman–Crippen MR) is 73.3 cm³/mol. The molecule has 0 bridgehead atoms. The lowest BCUT2D eigenvalue weighted by molar-refractivity contribution is 0.0947. The molecule has 0 fully saturated rings. The molecule has 2 aromatic rings. The van der Waals surface area contributed by atoms with E-state index in [-0.39, 0.29) is 5.91 Å². The summed E-state index contributed by atoms with van der Waals surface area (Å²) in [7, 11) is 1.63. The van der Waals surface area contributed by atoms with E-state index in [9.17, 15) is 4.79 Å². The molecule has 0 aromatic carbocycles. The van der Waals surface area contributed by atoms with Crippen LogP contribution in [0.2, 0.25) is 0 Å². The van der Waals surface area contributed by atoms with Gasteiger partial charge in [0.05, 0.1) is 0 Å². The van der Waals surface area contributed by atoms with Crippen molar-refractivity contribution in [3.63, 3.8) is 0 Å². The van der Waals surface area contributed by atoms with Crippen LogP contribution in [0.5, 0.6) is 0 Å². The number of aryl methyl sites for hydroxylation is 1. The lowest BCUT2D eigenvalue weighted by atomic mass is 10.1. The highest BCUT2D eigenvalue weighted by Gasteiger charge is 2.21. The Morgan fingerprint density at radius 1 is 1.40 bits per heavy atom. The third-order valence-corrected chi connectivity index (χ3v) is 2.85. The average Bonchev–Trinajstić information content (AvgIpc) is 2.86. The van der Waals surface area contributed by atoms with Gasteiger partial charge in [-0.2, -0.15) is 0 Å². The van der Waals surface area contributed by atoms with Crippen LogP contribution in [-0.4, -0.2) is 36.3 Å². The fraction of sp³-hybridized carbons (Fsp3) is 0.357. The largest absolute Gasteiger partial charge is 0.385 e. The monoisotopic (exact) mass is 275 g/mol. The summed E-state index contributed by atoms with van der Waals surface area (Å²) >= 11 is 0. The van der Waals surface area contributed by atoms with Crippen molar-refractivity contribution in [2.75, 3.05) is 20.3 Å². The van der Waals surface area contributed by atoms with Crippen molar-refractivity contribution < 1.29 is 14.1 Å². The molecule has 0 unspecified atom stereocenters. The zero-order chi connectivity index (χ0) is 14.4. The molecule has 0 saturated carbocycles.